The van der Waals surface area contributed by atoms with Gasteiger partial charge in [0.05, 0.1) is 11.5 Å². The Balaban J connectivity index is 2.10. The van der Waals surface area contributed by atoms with Crippen LogP contribution in [0.2, 0.25) is 0 Å². The molecule has 1 aliphatic carbocycles. The van der Waals surface area contributed by atoms with Crippen LogP contribution in [0.3, 0.4) is 0 Å². The molecule has 2 rings (SSSR count). The summed E-state index contributed by atoms with van der Waals surface area (Å²) < 4.78 is 37.9. The summed E-state index contributed by atoms with van der Waals surface area (Å²) in [4.78, 5) is 0. The molecule has 19 heavy (non-hydrogen) atoms. The first-order valence-electron chi connectivity index (χ1n) is 6.68. The summed E-state index contributed by atoms with van der Waals surface area (Å²) in [5.41, 5.74) is 6.49. The van der Waals surface area contributed by atoms with E-state index < -0.39 is 15.7 Å². The molecule has 0 heterocycles. The lowest BCUT2D eigenvalue weighted by atomic mass is 10.1. The van der Waals surface area contributed by atoms with Crippen molar-refractivity contribution in [2.45, 2.75) is 38.0 Å². The molecule has 106 valence electrons. The highest BCUT2D eigenvalue weighted by atomic mass is 32.2. The maximum atomic E-state index is 13.6. The lowest BCUT2D eigenvalue weighted by molar-refractivity contribution is 0.555. The van der Waals surface area contributed by atoms with Crippen molar-refractivity contribution in [3.8, 4) is 0 Å². The lowest BCUT2D eigenvalue weighted by Gasteiger charge is -2.11. The first kappa shape index (κ1) is 14.5. The van der Waals surface area contributed by atoms with Crippen molar-refractivity contribution in [3.63, 3.8) is 0 Å². The molecule has 1 aliphatic rings. The van der Waals surface area contributed by atoms with Crippen molar-refractivity contribution in [2.75, 3.05) is 5.75 Å². The van der Waals surface area contributed by atoms with Gasteiger partial charge >= 0.3 is 0 Å². The molecule has 5 heteroatoms. The topological polar surface area (TPSA) is 60.2 Å². The molecule has 0 amide bonds. The van der Waals surface area contributed by atoms with Gasteiger partial charge in [-0.1, -0.05) is 25.0 Å². The van der Waals surface area contributed by atoms with Crippen LogP contribution in [0.5, 0.6) is 0 Å². The van der Waals surface area contributed by atoms with Gasteiger partial charge in [-0.15, -0.1) is 0 Å². The van der Waals surface area contributed by atoms with Crippen LogP contribution in [0.15, 0.2) is 18.2 Å². The molecule has 0 aromatic heterocycles. The van der Waals surface area contributed by atoms with Crippen molar-refractivity contribution >= 4 is 9.84 Å². The van der Waals surface area contributed by atoms with Crippen LogP contribution >= 0.6 is 0 Å². The van der Waals surface area contributed by atoms with Crippen LogP contribution in [0.25, 0.3) is 0 Å². The van der Waals surface area contributed by atoms with Crippen molar-refractivity contribution in [3.05, 3.63) is 35.1 Å². The number of hydrogen-bond donors (Lipinski definition) is 1. The van der Waals surface area contributed by atoms with E-state index in [0.29, 0.717) is 0 Å². The van der Waals surface area contributed by atoms with Crippen LogP contribution in [-0.2, 0) is 22.1 Å². The number of benzene rings is 1. The molecule has 0 atom stereocenters. The summed E-state index contributed by atoms with van der Waals surface area (Å²) in [6.45, 7) is 0.288. The normalized spacial score (nSPS) is 16.9. The predicted octanol–water partition coefficient (Wildman–Crippen LogP) is 2.39. The fourth-order valence-electron chi connectivity index (χ4n) is 2.70. The van der Waals surface area contributed by atoms with E-state index in [1.165, 1.54) is 6.07 Å². The molecule has 1 aromatic carbocycles. The van der Waals surface area contributed by atoms with Crippen molar-refractivity contribution in [1.82, 2.24) is 0 Å². The Bertz CT molecular complexity index is 536. The monoisotopic (exact) mass is 285 g/mol. The average molecular weight is 285 g/mol. The van der Waals surface area contributed by atoms with E-state index in [0.717, 1.165) is 31.2 Å². The first-order chi connectivity index (χ1) is 9.00. The molecule has 1 fully saturated rings. The zero-order valence-corrected chi connectivity index (χ0v) is 11.8. The summed E-state index contributed by atoms with van der Waals surface area (Å²) in [7, 11) is -3.25. The molecule has 0 saturated heterocycles. The third-order valence-electron chi connectivity index (χ3n) is 3.69. The quantitative estimate of drug-likeness (QED) is 0.903. The Morgan fingerprint density at radius 2 is 1.95 bits per heavy atom. The van der Waals surface area contributed by atoms with Crippen molar-refractivity contribution in [2.24, 2.45) is 11.7 Å². The van der Waals surface area contributed by atoms with E-state index in [1.807, 2.05) is 0 Å². The zero-order valence-electron chi connectivity index (χ0n) is 10.9. The molecule has 1 aromatic rings. The van der Waals surface area contributed by atoms with Crippen LogP contribution < -0.4 is 5.73 Å². The zero-order chi connectivity index (χ0) is 13.9. The minimum absolute atomic E-state index is 0.180. The van der Waals surface area contributed by atoms with Gasteiger partial charge in [0.1, 0.15) is 5.82 Å². The molecule has 1 saturated carbocycles. The Labute approximate surface area is 113 Å². The van der Waals surface area contributed by atoms with Crippen molar-refractivity contribution in [1.29, 1.82) is 0 Å². The van der Waals surface area contributed by atoms with Crippen LogP contribution in [0.1, 0.15) is 36.8 Å². The first-order valence-corrected chi connectivity index (χ1v) is 8.50. The third kappa shape index (κ3) is 4.01. The molecule has 0 bridgehead atoms. The number of sulfone groups is 1. The molecule has 0 unspecified atom stereocenters. The smallest absolute Gasteiger partial charge is 0.154 e. The molecule has 3 nitrogen and oxygen atoms in total. The highest BCUT2D eigenvalue weighted by Gasteiger charge is 2.23. The fraction of sp³-hybridized carbons (Fsp3) is 0.571. The van der Waals surface area contributed by atoms with Gasteiger partial charge in [0.2, 0.25) is 0 Å². The van der Waals surface area contributed by atoms with Gasteiger partial charge in [-0.3, -0.25) is 0 Å². The van der Waals surface area contributed by atoms with Crippen molar-refractivity contribution < 1.29 is 12.8 Å². The molecule has 2 N–H and O–H groups in total. The van der Waals surface area contributed by atoms with E-state index in [4.69, 9.17) is 5.73 Å². The molecular weight excluding hydrogens is 265 g/mol. The highest BCUT2D eigenvalue weighted by Crippen LogP contribution is 2.27. The minimum Gasteiger partial charge on any atom is -0.326 e. The summed E-state index contributed by atoms with van der Waals surface area (Å²) in [5, 5.41) is 0. The SMILES string of the molecule is NCc1ccc(F)c(CS(=O)(=O)CC2CCCC2)c1. The minimum atomic E-state index is -3.25. The van der Waals surface area contributed by atoms with E-state index in [-0.39, 0.29) is 29.5 Å². The average Bonchev–Trinajstić information content (AvgIpc) is 2.83. The van der Waals surface area contributed by atoms with Crippen LogP contribution in [0.4, 0.5) is 4.39 Å². The molecule has 0 radical (unpaired) electrons. The maximum Gasteiger partial charge on any atom is 0.154 e. The van der Waals surface area contributed by atoms with Gasteiger partial charge < -0.3 is 5.73 Å². The van der Waals surface area contributed by atoms with Gasteiger partial charge in [0.25, 0.3) is 0 Å². The summed E-state index contributed by atoms with van der Waals surface area (Å²) in [5.74, 6) is -0.249. The molecular formula is C14H20FNO2S. The van der Waals surface area contributed by atoms with E-state index >= 15 is 0 Å². The number of nitrogens with two attached hydrogens (primary N) is 1. The Morgan fingerprint density at radius 1 is 1.26 bits per heavy atom. The number of hydrogen-bond acceptors (Lipinski definition) is 3. The molecule has 0 aliphatic heterocycles. The predicted molar refractivity (Wildman–Crippen MR) is 73.7 cm³/mol. The fourth-order valence-corrected chi connectivity index (χ4v) is 4.56. The van der Waals surface area contributed by atoms with Crippen LogP contribution in [0, 0.1) is 11.7 Å². The van der Waals surface area contributed by atoms with E-state index in [9.17, 15) is 12.8 Å². The summed E-state index contributed by atoms with van der Waals surface area (Å²) in [6.07, 6.45) is 4.17. The van der Waals surface area contributed by atoms with E-state index in [1.54, 1.807) is 12.1 Å². The third-order valence-corrected chi connectivity index (χ3v) is 5.42. The Kier molecular flexibility index (Phi) is 4.58. The lowest BCUT2D eigenvalue weighted by Crippen LogP contribution is -2.16. The van der Waals surface area contributed by atoms with Gasteiger partial charge in [-0.25, -0.2) is 12.8 Å². The second kappa shape index (κ2) is 6.01. The van der Waals surface area contributed by atoms with Gasteiger partial charge in [-0.05, 0) is 30.4 Å². The highest BCUT2D eigenvalue weighted by molar-refractivity contribution is 7.90. The summed E-state index contributed by atoms with van der Waals surface area (Å²) in [6, 6.07) is 4.44. The summed E-state index contributed by atoms with van der Waals surface area (Å²) >= 11 is 0. The van der Waals surface area contributed by atoms with Gasteiger partial charge in [0, 0.05) is 12.1 Å². The standard InChI is InChI=1S/C14H20FNO2S/c15-14-6-5-12(8-16)7-13(14)10-19(17,18)9-11-3-1-2-4-11/h5-7,11H,1-4,8-10,16H2. The van der Waals surface area contributed by atoms with Gasteiger partial charge in [-0.2, -0.15) is 0 Å². The maximum absolute atomic E-state index is 13.6. The second-order valence-corrected chi connectivity index (χ2v) is 7.44. The Morgan fingerprint density at radius 3 is 2.58 bits per heavy atom. The van der Waals surface area contributed by atoms with Crippen LogP contribution in [-0.4, -0.2) is 14.2 Å². The largest absolute Gasteiger partial charge is 0.326 e. The second-order valence-electron chi connectivity index (χ2n) is 5.33. The number of halogens is 1. The molecule has 0 spiro atoms. The van der Waals surface area contributed by atoms with Gasteiger partial charge in [0.15, 0.2) is 9.84 Å². The number of rotatable bonds is 5. The Hall–Kier alpha value is -0.940. The van der Waals surface area contributed by atoms with E-state index in [2.05, 4.69) is 0 Å².